The molecule has 0 atom stereocenters. The maximum atomic E-state index is 11.9. The molecule has 0 unspecified atom stereocenters. The average molecular weight is 299 g/mol. The lowest BCUT2D eigenvalue weighted by Gasteiger charge is -2.12. The van der Waals surface area contributed by atoms with Gasteiger partial charge in [-0.3, -0.25) is 4.79 Å². The second-order valence-corrected chi connectivity index (χ2v) is 4.54. The topological polar surface area (TPSA) is 118 Å². The molecule has 3 N–H and O–H groups in total. The molecule has 1 aromatic carbocycles. The number of ether oxygens (including phenoxy) is 1. The number of phenolic OH excluding ortho intramolecular Hbond substituents is 1. The molecule has 7 nitrogen and oxygen atoms in total. The Balaban J connectivity index is 2.81. The predicted octanol–water partition coefficient (Wildman–Crippen LogP) is 1.63. The van der Waals surface area contributed by atoms with E-state index >= 15 is 0 Å². The van der Waals surface area contributed by atoms with Gasteiger partial charge in [0.2, 0.25) is 0 Å². The zero-order chi connectivity index (χ0) is 16.4. The summed E-state index contributed by atoms with van der Waals surface area (Å²) in [6, 6.07) is 5.98. The minimum Gasteiger partial charge on any atom is -0.508 e. The van der Waals surface area contributed by atoms with Crippen LogP contribution in [-0.2, 0) is 4.74 Å². The lowest BCUT2D eigenvalue weighted by Crippen LogP contribution is -2.13. The Morgan fingerprint density at radius 2 is 2.09 bits per heavy atom. The third kappa shape index (κ3) is 2.38. The molecule has 0 aliphatic heterocycles. The number of hydrogen-bond donors (Lipinski definition) is 2. The van der Waals surface area contributed by atoms with Gasteiger partial charge in [0.15, 0.2) is 11.5 Å². The number of nitrogen functional groups attached to an aromatic ring is 1. The number of rotatable bonds is 3. The van der Waals surface area contributed by atoms with E-state index in [1.165, 1.54) is 43.0 Å². The van der Waals surface area contributed by atoms with Crippen LogP contribution in [0, 0.1) is 11.3 Å². The predicted molar refractivity (Wildman–Crippen MR) is 77.9 cm³/mol. The number of anilines is 1. The highest BCUT2D eigenvalue weighted by Gasteiger charge is 2.23. The number of nitriles is 1. The molecule has 22 heavy (non-hydrogen) atoms. The third-order valence-electron chi connectivity index (χ3n) is 3.16. The zero-order valence-corrected chi connectivity index (χ0v) is 12.0. The summed E-state index contributed by atoms with van der Waals surface area (Å²) < 4.78 is 5.99. The van der Waals surface area contributed by atoms with Crippen LogP contribution in [0.4, 0.5) is 5.69 Å². The van der Waals surface area contributed by atoms with E-state index in [1.807, 2.05) is 6.07 Å². The van der Waals surface area contributed by atoms with Gasteiger partial charge < -0.3 is 20.1 Å². The monoisotopic (exact) mass is 299 g/mol. The number of carbonyl (C=O) groups is 2. The number of esters is 1. The van der Waals surface area contributed by atoms with E-state index in [-0.39, 0.29) is 34.0 Å². The summed E-state index contributed by atoms with van der Waals surface area (Å²) in [5.74, 6) is -1.14. The molecule has 0 bridgehead atoms. The SMILES string of the molecule is COC(=O)c1c(N)c(C#N)cn1-c1ccc(O)cc1C(C)=O. The Bertz CT molecular complexity index is 815. The fourth-order valence-electron chi connectivity index (χ4n) is 2.12. The van der Waals surface area contributed by atoms with E-state index in [0.717, 1.165) is 0 Å². The van der Waals surface area contributed by atoms with Crippen molar-refractivity contribution in [2.45, 2.75) is 6.92 Å². The molecule has 7 heteroatoms. The van der Waals surface area contributed by atoms with E-state index < -0.39 is 5.97 Å². The molecule has 0 amide bonds. The molecular weight excluding hydrogens is 286 g/mol. The molecule has 0 fully saturated rings. The molecular formula is C15H13N3O4. The largest absolute Gasteiger partial charge is 0.508 e. The number of benzene rings is 1. The van der Waals surface area contributed by atoms with Gasteiger partial charge in [0.05, 0.1) is 24.0 Å². The number of nitrogens with two attached hydrogens (primary N) is 1. The van der Waals surface area contributed by atoms with Crippen LogP contribution in [0.25, 0.3) is 5.69 Å². The van der Waals surface area contributed by atoms with Crippen molar-refractivity contribution in [3.05, 3.63) is 41.2 Å². The maximum absolute atomic E-state index is 11.9. The van der Waals surface area contributed by atoms with Crippen molar-refractivity contribution in [1.82, 2.24) is 4.57 Å². The number of phenols is 1. The van der Waals surface area contributed by atoms with E-state index in [9.17, 15) is 14.7 Å². The van der Waals surface area contributed by atoms with Crippen molar-refractivity contribution in [2.24, 2.45) is 0 Å². The van der Waals surface area contributed by atoms with Crippen molar-refractivity contribution in [1.29, 1.82) is 5.26 Å². The summed E-state index contributed by atoms with van der Waals surface area (Å²) in [4.78, 5) is 23.7. The van der Waals surface area contributed by atoms with Crippen LogP contribution in [-0.4, -0.2) is 28.5 Å². The first-order valence-electron chi connectivity index (χ1n) is 6.24. The van der Waals surface area contributed by atoms with E-state index in [4.69, 9.17) is 11.0 Å². The minimum absolute atomic E-state index is 0.0306. The van der Waals surface area contributed by atoms with Gasteiger partial charge in [-0.05, 0) is 25.1 Å². The van der Waals surface area contributed by atoms with Crippen molar-refractivity contribution < 1.29 is 19.4 Å². The highest BCUT2D eigenvalue weighted by atomic mass is 16.5. The summed E-state index contributed by atoms with van der Waals surface area (Å²) in [5, 5.41) is 18.6. The van der Waals surface area contributed by atoms with Crippen LogP contribution < -0.4 is 5.73 Å². The molecule has 1 heterocycles. The summed E-state index contributed by atoms with van der Waals surface area (Å²) in [5.41, 5.74) is 6.32. The molecule has 0 radical (unpaired) electrons. The first kappa shape index (κ1) is 15.1. The molecule has 112 valence electrons. The van der Waals surface area contributed by atoms with Gasteiger partial charge in [-0.15, -0.1) is 0 Å². The molecule has 0 spiro atoms. The van der Waals surface area contributed by atoms with E-state index in [0.29, 0.717) is 5.69 Å². The fraction of sp³-hybridized carbons (Fsp3) is 0.133. The number of Topliss-reactive ketones (excluding diaryl/α,β-unsaturated/α-hetero) is 1. The Labute approximate surface area is 126 Å². The van der Waals surface area contributed by atoms with Gasteiger partial charge in [-0.1, -0.05) is 0 Å². The summed E-state index contributed by atoms with van der Waals surface area (Å²) in [6.07, 6.45) is 1.35. The van der Waals surface area contributed by atoms with Gasteiger partial charge in [0.1, 0.15) is 11.8 Å². The normalized spacial score (nSPS) is 10.0. The van der Waals surface area contributed by atoms with E-state index in [2.05, 4.69) is 4.74 Å². The Hall–Kier alpha value is -3.27. The van der Waals surface area contributed by atoms with Crippen LogP contribution in [0.3, 0.4) is 0 Å². The van der Waals surface area contributed by atoms with Crippen molar-refractivity contribution in [3.63, 3.8) is 0 Å². The van der Waals surface area contributed by atoms with Gasteiger partial charge in [0.25, 0.3) is 0 Å². The number of aromatic hydroxyl groups is 1. The molecule has 0 saturated carbocycles. The summed E-state index contributed by atoms with van der Waals surface area (Å²) in [6.45, 7) is 1.33. The van der Waals surface area contributed by atoms with Crippen molar-refractivity contribution in [2.75, 3.05) is 12.8 Å². The quantitative estimate of drug-likeness (QED) is 0.656. The number of ketones is 1. The van der Waals surface area contributed by atoms with E-state index in [1.54, 1.807) is 0 Å². The zero-order valence-electron chi connectivity index (χ0n) is 12.0. The first-order valence-corrected chi connectivity index (χ1v) is 6.24. The fourth-order valence-corrected chi connectivity index (χ4v) is 2.12. The molecule has 0 aliphatic carbocycles. The summed E-state index contributed by atoms with van der Waals surface area (Å²) in [7, 11) is 1.19. The average Bonchev–Trinajstić information content (AvgIpc) is 2.83. The molecule has 0 saturated heterocycles. The van der Waals surface area contributed by atoms with Crippen LogP contribution in [0.2, 0.25) is 0 Å². The number of nitrogens with zero attached hydrogens (tertiary/aromatic N) is 2. The van der Waals surface area contributed by atoms with Crippen LogP contribution >= 0.6 is 0 Å². The van der Waals surface area contributed by atoms with Crippen LogP contribution in [0.15, 0.2) is 24.4 Å². The number of aromatic nitrogens is 1. The first-order chi connectivity index (χ1) is 10.4. The van der Waals surface area contributed by atoms with Gasteiger partial charge in [-0.2, -0.15) is 5.26 Å². The van der Waals surface area contributed by atoms with Crippen LogP contribution in [0.5, 0.6) is 5.75 Å². The number of carbonyl (C=O) groups excluding carboxylic acids is 2. The Kier molecular flexibility index (Phi) is 3.86. The maximum Gasteiger partial charge on any atom is 0.357 e. The highest BCUT2D eigenvalue weighted by Crippen LogP contribution is 2.28. The lowest BCUT2D eigenvalue weighted by molar-refractivity contribution is 0.0592. The van der Waals surface area contributed by atoms with Gasteiger partial charge in [-0.25, -0.2) is 4.79 Å². The minimum atomic E-state index is -0.735. The third-order valence-corrected chi connectivity index (χ3v) is 3.16. The number of hydrogen-bond acceptors (Lipinski definition) is 6. The highest BCUT2D eigenvalue weighted by molar-refractivity contribution is 6.00. The second-order valence-electron chi connectivity index (χ2n) is 4.54. The van der Waals surface area contributed by atoms with Crippen molar-refractivity contribution in [3.8, 4) is 17.5 Å². The number of methoxy groups -OCH3 is 1. The molecule has 1 aromatic heterocycles. The van der Waals surface area contributed by atoms with Gasteiger partial charge >= 0.3 is 5.97 Å². The smallest absolute Gasteiger partial charge is 0.357 e. The molecule has 0 aliphatic rings. The Morgan fingerprint density at radius 1 is 1.41 bits per heavy atom. The second kappa shape index (κ2) is 5.61. The molecule has 2 rings (SSSR count). The standard InChI is InChI=1S/C15H13N3O4/c1-8(19)11-5-10(20)3-4-12(11)18-7-9(6-16)13(17)14(18)15(21)22-2/h3-5,7,20H,17H2,1-2H3. The van der Waals surface area contributed by atoms with Crippen molar-refractivity contribution >= 4 is 17.4 Å². The lowest BCUT2D eigenvalue weighted by atomic mass is 10.1. The van der Waals surface area contributed by atoms with Gasteiger partial charge in [0, 0.05) is 11.8 Å². The Morgan fingerprint density at radius 3 is 2.64 bits per heavy atom. The molecule has 2 aromatic rings. The van der Waals surface area contributed by atoms with Crippen LogP contribution in [0.1, 0.15) is 33.3 Å². The summed E-state index contributed by atoms with van der Waals surface area (Å²) >= 11 is 0.